The summed E-state index contributed by atoms with van der Waals surface area (Å²) in [5.41, 5.74) is 5.19. The van der Waals surface area contributed by atoms with Crippen LogP contribution in [0.15, 0.2) is 18.2 Å². The molecule has 2 rings (SSSR count). The summed E-state index contributed by atoms with van der Waals surface area (Å²) in [6.07, 6.45) is 0. The molecular weight excluding hydrogens is 182 g/mol. The Balaban J connectivity index is 2.38. The largest absolute Gasteiger partial charge is 0.454 e. The molecule has 1 aromatic carbocycles. The second kappa shape index (κ2) is 3.15. The van der Waals surface area contributed by atoms with Gasteiger partial charge in [-0.3, -0.25) is 0 Å². The maximum Gasteiger partial charge on any atom is 0.231 e. The Hall–Kier alpha value is -1.26. The Kier molecular flexibility index (Phi) is 2.09. The maximum absolute atomic E-state index is 9.90. The van der Waals surface area contributed by atoms with Gasteiger partial charge in [0, 0.05) is 6.54 Å². The molecule has 0 saturated carbocycles. The van der Waals surface area contributed by atoms with Gasteiger partial charge in [-0.05, 0) is 24.6 Å². The van der Waals surface area contributed by atoms with Crippen molar-refractivity contribution in [3.63, 3.8) is 0 Å². The third-order valence-electron chi connectivity index (χ3n) is 2.39. The fourth-order valence-corrected chi connectivity index (χ4v) is 1.35. The number of nitrogens with two attached hydrogens (primary N) is 1. The van der Waals surface area contributed by atoms with E-state index in [1.807, 2.05) is 0 Å². The van der Waals surface area contributed by atoms with E-state index in [-0.39, 0.29) is 13.3 Å². The first-order chi connectivity index (χ1) is 6.63. The van der Waals surface area contributed by atoms with E-state index in [1.54, 1.807) is 25.1 Å². The molecule has 0 unspecified atom stereocenters. The van der Waals surface area contributed by atoms with Gasteiger partial charge >= 0.3 is 0 Å². The van der Waals surface area contributed by atoms with Crippen molar-refractivity contribution < 1.29 is 14.6 Å². The molecule has 76 valence electrons. The quantitative estimate of drug-likeness (QED) is 0.724. The van der Waals surface area contributed by atoms with Crippen LogP contribution in [-0.4, -0.2) is 18.4 Å². The van der Waals surface area contributed by atoms with Gasteiger partial charge in [-0.25, -0.2) is 0 Å². The standard InChI is InChI=1S/C10H13NO3/c1-10(12,5-11)7-2-3-8-9(4-7)14-6-13-8/h2-4,12H,5-6,11H2,1H3/t10-/m1/s1. The molecule has 0 saturated heterocycles. The van der Waals surface area contributed by atoms with Crippen LogP contribution in [0.25, 0.3) is 0 Å². The Morgan fingerprint density at radius 2 is 2.14 bits per heavy atom. The minimum Gasteiger partial charge on any atom is -0.454 e. The van der Waals surface area contributed by atoms with Crippen molar-refractivity contribution in [1.29, 1.82) is 0 Å². The summed E-state index contributed by atoms with van der Waals surface area (Å²) in [5, 5.41) is 9.90. The summed E-state index contributed by atoms with van der Waals surface area (Å²) in [7, 11) is 0. The number of rotatable bonds is 2. The first-order valence-corrected chi connectivity index (χ1v) is 4.46. The summed E-state index contributed by atoms with van der Waals surface area (Å²) in [6, 6.07) is 5.33. The van der Waals surface area contributed by atoms with Crippen molar-refractivity contribution in [1.82, 2.24) is 0 Å². The lowest BCUT2D eigenvalue weighted by Gasteiger charge is -2.21. The van der Waals surface area contributed by atoms with E-state index in [0.717, 1.165) is 5.56 Å². The monoisotopic (exact) mass is 195 g/mol. The van der Waals surface area contributed by atoms with Crippen LogP contribution in [-0.2, 0) is 5.60 Å². The zero-order chi connectivity index (χ0) is 10.2. The highest BCUT2D eigenvalue weighted by Gasteiger charge is 2.24. The normalized spacial score (nSPS) is 17.9. The zero-order valence-electron chi connectivity index (χ0n) is 7.99. The Labute approximate surface area is 82.2 Å². The molecule has 1 aromatic rings. The van der Waals surface area contributed by atoms with Crippen LogP contribution >= 0.6 is 0 Å². The molecule has 0 aromatic heterocycles. The van der Waals surface area contributed by atoms with Crippen LogP contribution in [0, 0.1) is 0 Å². The number of hydrogen-bond acceptors (Lipinski definition) is 4. The number of hydrogen-bond donors (Lipinski definition) is 2. The zero-order valence-corrected chi connectivity index (χ0v) is 7.99. The van der Waals surface area contributed by atoms with E-state index < -0.39 is 5.60 Å². The van der Waals surface area contributed by atoms with Crippen LogP contribution in [0.3, 0.4) is 0 Å². The van der Waals surface area contributed by atoms with Crippen molar-refractivity contribution >= 4 is 0 Å². The molecule has 0 aliphatic carbocycles. The van der Waals surface area contributed by atoms with E-state index >= 15 is 0 Å². The molecule has 0 amide bonds. The minimum atomic E-state index is -1.01. The number of benzene rings is 1. The lowest BCUT2D eigenvalue weighted by atomic mass is 9.96. The van der Waals surface area contributed by atoms with Gasteiger partial charge in [0.2, 0.25) is 6.79 Å². The first-order valence-electron chi connectivity index (χ1n) is 4.46. The van der Waals surface area contributed by atoms with E-state index in [4.69, 9.17) is 15.2 Å². The van der Waals surface area contributed by atoms with E-state index in [1.165, 1.54) is 0 Å². The second-order valence-electron chi connectivity index (χ2n) is 3.55. The molecule has 4 nitrogen and oxygen atoms in total. The number of ether oxygens (including phenoxy) is 2. The molecule has 4 heteroatoms. The molecule has 1 heterocycles. The van der Waals surface area contributed by atoms with Crippen molar-refractivity contribution in [2.75, 3.05) is 13.3 Å². The second-order valence-corrected chi connectivity index (χ2v) is 3.55. The molecule has 3 N–H and O–H groups in total. The Morgan fingerprint density at radius 1 is 1.43 bits per heavy atom. The average molecular weight is 195 g/mol. The van der Waals surface area contributed by atoms with Crippen molar-refractivity contribution in [2.24, 2.45) is 5.73 Å². The molecule has 0 bridgehead atoms. The van der Waals surface area contributed by atoms with Crippen LogP contribution in [0.2, 0.25) is 0 Å². The van der Waals surface area contributed by atoms with Gasteiger partial charge in [0.25, 0.3) is 0 Å². The molecule has 1 aliphatic heterocycles. The van der Waals surface area contributed by atoms with Crippen LogP contribution in [0.5, 0.6) is 11.5 Å². The summed E-state index contributed by atoms with van der Waals surface area (Å²) in [6.45, 7) is 2.08. The topological polar surface area (TPSA) is 64.7 Å². The Morgan fingerprint density at radius 3 is 2.86 bits per heavy atom. The number of fused-ring (bicyclic) bond motifs is 1. The summed E-state index contributed by atoms with van der Waals surface area (Å²) < 4.78 is 10.4. The molecule has 0 fully saturated rings. The SMILES string of the molecule is C[C@@](O)(CN)c1ccc2c(c1)OCO2. The minimum absolute atomic E-state index is 0.173. The fourth-order valence-electron chi connectivity index (χ4n) is 1.35. The molecule has 0 spiro atoms. The van der Waals surface area contributed by atoms with Crippen LogP contribution in [0.1, 0.15) is 12.5 Å². The van der Waals surface area contributed by atoms with Gasteiger partial charge in [0.05, 0.1) is 5.60 Å². The predicted molar refractivity (Wildman–Crippen MR) is 51.2 cm³/mol. The smallest absolute Gasteiger partial charge is 0.231 e. The molecule has 0 radical (unpaired) electrons. The van der Waals surface area contributed by atoms with Gasteiger partial charge in [-0.1, -0.05) is 6.07 Å². The molecule has 1 atom stereocenters. The average Bonchev–Trinajstić information content (AvgIpc) is 2.64. The van der Waals surface area contributed by atoms with Gasteiger partial charge in [-0.15, -0.1) is 0 Å². The fraction of sp³-hybridized carbons (Fsp3) is 0.400. The number of aliphatic hydroxyl groups is 1. The predicted octanol–water partition coefficient (Wildman–Crippen LogP) is 0.582. The highest BCUT2D eigenvalue weighted by Crippen LogP contribution is 2.35. The van der Waals surface area contributed by atoms with Crippen molar-refractivity contribution in [3.05, 3.63) is 23.8 Å². The third kappa shape index (κ3) is 1.42. The van der Waals surface area contributed by atoms with E-state index in [0.29, 0.717) is 11.5 Å². The van der Waals surface area contributed by atoms with Gasteiger partial charge in [0.1, 0.15) is 0 Å². The molecule has 14 heavy (non-hydrogen) atoms. The first kappa shape index (κ1) is 9.30. The van der Waals surface area contributed by atoms with E-state index in [2.05, 4.69) is 0 Å². The maximum atomic E-state index is 9.90. The molecular formula is C10H13NO3. The molecule has 1 aliphatic rings. The lowest BCUT2D eigenvalue weighted by molar-refractivity contribution is 0.0666. The lowest BCUT2D eigenvalue weighted by Crippen LogP contribution is -2.31. The Bertz CT molecular complexity index is 349. The van der Waals surface area contributed by atoms with E-state index in [9.17, 15) is 5.11 Å². The van der Waals surface area contributed by atoms with Gasteiger partial charge in [-0.2, -0.15) is 0 Å². The summed E-state index contributed by atoms with van der Waals surface area (Å²) >= 11 is 0. The third-order valence-corrected chi connectivity index (χ3v) is 2.39. The highest BCUT2D eigenvalue weighted by atomic mass is 16.7. The van der Waals surface area contributed by atoms with Gasteiger partial charge < -0.3 is 20.3 Å². The van der Waals surface area contributed by atoms with Gasteiger partial charge in [0.15, 0.2) is 11.5 Å². The summed E-state index contributed by atoms with van der Waals surface area (Å²) in [4.78, 5) is 0. The van der Waals surface area contributed by atoms with Crippen molar-refractivity contribution in [2.45, 2.75) is 12.5 Å². The van der Waals surface area contributed by atoms with Crippen LogP contribution in [0.4, 0.5) is 0 Å². The van der Waals surface area contributed by atoms with Crippen LogP contribution < -0.4 is 15.2 Å². The van der Waals surface area contributed by atoms with Crippen molar-refractivity contribution in [3.8, 4) is 11.5 Å². The highest BCUT2D eigenvalue weighted by molar-refractivity contribution is 5.45. The summed E-state index contributed by atoms with van der Waals surface area (Å²) in [5.74, 6) is 1.37.